The second-order valence-electron chi connectivity index (χ2n) is 7.35. The average molecular weight is 384 g/mol. The molecule has 0 spiro atoms. The summed E-state index contributed by atoms with van der Waals surface area (Å²) >= 11 is 0. The molecule has 0 radical (unpaired) electrons. The first kappa shape index (κ1) is 19.0. The van der Waals surface area contributed by atoms with Gasteiger partial charge in [-0.1, -0.05) is 6.92 Å². The molecule has 2 saturated heterocycles. The quantitative estimate of drug-likeness (QED) is 0.765. The summed E-state index contributed by atoms with van der Waals surface area (Å²) in [5.74, 6) is 2.80. The lowest BCUT2D eigenvalue weighted by Crippen LogP contribution is -2.46. The van der Waals surface area contributed by atoms with E-state index in [4.69, 9.17) is 14.7 Å². The van der Waals surface area contributed by atoms with Gasteiger partial charge in [0, 0.05) is 70.2 Å². The normalized spacial score (nSPS) is 18.5. The average Bonchev–Trinajstić information content (AvgIpc) is 2.74. The van der Waals surface area contributed by atoms with Crippen LogP contribution in [0, 0.1) is 6.92 Å². The van der Waals surface area contributed by atoms with Crippen molar-refractivity contribution < 1.29 is 4.74 Å². The molecule has 0 saturated carbocycles. The van der Waals surface area contributed by atoms with Gasteiger partial charge in [0.05, 0.1) is 18.9 Å². The van der Waals surface area contributed by atoms with Crippen LogP contribution in [0.3, 0.4) is 0 Å². The van der Waals surface area contributed by atoms with Gasteiger partial charge in [0.25, 0.3) is 0 Å². The maximum atomic E-state index is 5.42. The molecule has 2 aromatic heterocycles. The summed E-state index contributed by atoms with van der Waals surface area (Å²) < 4.78 is 5.42. The zero-order valence-electron chi connectivity index (χ0n) is 16.8. The molecule has 0 bridgehead atoms. The standard InChI is InChI=1S/C20H29N7O/c1-3-18-22-16(2)14-19(24-18)26-8-6-25(7-9-26)15-17-4-5-21-20(23-17)27-10-12-28-13-11-27/h4-5,14H,3,6-13,15H2,1-2H3. The van der Waals surface area contributed by atoms with Gasteiger partial charge in [-0.3, -0.25) is 4.90 Å². The van der Waals surface area contributed by atoms with Crippen molar-refractivity contribution >= 4 is 11.8 Å². The van der Waals surface area contributed by atoms with Crippen LogP contribution in [0.5, 0.6) is 0 Å². The number of hydrogen-bond acceptors (Lipinski definition) is 8. The Morgan fingerprint density at radius 3 is 2.50 bits per heavy atom. The van der Waals surface area contributed by atoms with Gasteiger partial charge in [-0.15, -0.1) is 0 Å². The van der Waals surface area contributed by atoms with E-state index in [0.29, 0.717) is 0 Å². The highest BCUT2D eigenvalue weighted by molar-refractivity contribution is 5.40. The molecule has 2 aliphatic heterocycles. The van der Waals surface area contributed by atoms with E-state index in [-0.39, 0.29) is 0 Å². The Balaban J connectivity index is 1.35. The van der Waals surface area contributed by atoms with Crippen LogP contribution >= 0.6 is 0 Å². The number of hydrogen-bond donors (Lipinski definition) is 0. The Morgan fingerprint density at radius 2 is 1.75 bits per heavy atom. The Labute approximate surface area is 166 Å². The number of morpholine rings is 1. The minimum absolute atomic E-state index is 0.748. The molecular weight excluding hydrogens is 354 g/mol. The third kappa shape index (κ3) is 4.56. The monoisotopic (exact) mass is 383 g/mol. The van der Waals surface area contributed by atoms with E-state index in [9.17, 15) is 0 Å². The van der Waals surface area contributed by atoms with E-state index in [1.165, 1.54) is 0 Å². The van der Waals surface area contributed by atoms with Gasteiger partial charge < -0.3 is 14.5 Å². The van der Waals surface area contributed by atoms with E-state index < -0.39 is 0 Å². The van der Waals surface area contributed by atoms with Gasteiger partial charge >= 0.3 is 0 Å². The molecule has 0 unspecified atom stereocenters. The Morgan fingerprint density at radius 1 is 0.964 bits per heavy atom. The van der Waals surface area contributed by atoms with Crippen molar-refractivity contribution in [1.82, 2.24) is 24.8 Å². The summed E-state index contributed by atoms with van der Waals surface area (Å²) in [7, 11) is 0. The van der Waals surface area contributed by atoms with Gasteiger partial charge in [-0.2, -0.15) is 0 Å². The minimum atomic E-state index is 0.748. The van der Waals surface area contributed by atoms with Crippen LogP contribution in [0.1, 0.15) is 24.1 Å². The molecular formula is C20H29N7O. The van der Waals surface area contributed by atoms with Crippen LogP contribution in [0.15, 0.2) is 18.3 Å². The van der Waals surface area contributed by atoms with E-state index >= 15 is 0 Å². The molecule has 8 nitrogen and oxygen atoms in total. The van der Waals surface area contributed by atoms with Crippen LogP contribution in [0.2, 0.25) is 0 Å². The summed E-state index contributed by atoms with van der Waals surface area (Å²) in [6.07, 6.45) is 2.74. The highest BCUT2D eigenvalue weighted by atomic mass is 16.5. The zero-order chi connectivity index (χ0) is 19.3. The number of aryl methyl sites for hydroxylation is 2. The Kier molecular flexibility index (Phi) is 5.97. The van der Waals surface area contributed by atoms with E-state index in [0.717, 1.165) is 94.4 Å². The largest absolute Gasteiger partial charge is 0.378 e. The molecule has 150 valence electrons. The molecule has 2 aliphatic rings. The van der Waals surface area contributed by atoms with Gasteiger partial charge in [0.15, 0.2) is 0 Å². The van der Waals surface area contributed by atoms with Crippen molar-refractivity contribution in [1.29, 1.82) is 0 Å². The maximum Gasteiger partial charge on any atom is 0.225 e. The number of rotatable bonds is 5. The topological polar surface area (TPSA) is 70.5 Å². The fourth-order valence-electron chi connectivity index (χ4n) is 3.68. The summed E-state index contributed by atoms with van der Waals surface area (Å²) in [6.45, 7) is 12.2. The van der Waals surface area contributed by atoms with Crippen molar-refractivity contribution in [3.05, 3.63) is 35.5 Å². The van der Waals surface area contributed by atoms with Crippen molar-refractivity contribution in [3.8, 4) is 0 Å². The lowest BCUT2D eigenvalue weighted by molar-refractivity contribution is 0.122. The predicted octanol–water partition coefficient (Wildman–Crippen LogP) is 1.30. The van der Waals surface area contributed by atoms with E-state index in [1.807, 2.05) is 19.2 Å². The molecule has 0 N–H and O–H groups in total. The van der Waals surface area contributed by atoms with Crippen LogP contribution in [-0.2, 0) is 17.7 Å². The summed E-state index contributed by atoms with van der Waals surface area (Å²) in [4.78, 5) is 25.5. The van der Waals surface area contributed by atoms with Gasteiger partial charge in [-0.25, -0.2) is 19.9 Å². The van der Waals surface area contributed by atoms with E-state index in [2.05, 4.69) is 37.7 Å². The second-order valence-corrected chi connectivity index (χ2v) is 7.35. The van der Waals surface area contributed by atoms with Crippen molar-refractivity contribution in [2.45, 2.75) is 26.8 Å². The molecule has 28 heavy (non-hydrogen) atoms. The third-order valence-corrected chi connectivity index (χ3v) is 5.28. The molecule has 4 rings (SSSR count). The van der Waals surface area contributed by atoms with Crippen LogP contribution < -0.4 is 9.80 Å². The van der Waals surface area contributed by atoms with Crippen LogP contribution in [-0.4, -0.2) is 77.3 Å². The molecule has 0 aromatic carbocycles. The smallest absolute Gasteiger partial charge is 0.225 e. The number of ether oxygens (including phenoxy) is 1. The molecule has 0 aliphatic carbocycles. The number of nitrogens with zero attached hydrogens (tertiary/aromatic N) is 7. The number of anilines is 2. The molecule has 0 atom stereocenters. The summed E-state index contributed by atoms with van der Waals surface area (Å²) in [5.41, 5.74) is 2.12. The first-order chi connectivity index (χ1) is 13.7. The van der Waals surface area contributed by atoms with Crippen molar-refractivity contribution in [3.63, 3.8) is 0 Å². The SMILES string of the molecule is CCc1nc(C)cc(N2CCN(Cc3ccnc(N4CCOCC4)n3)CC2)n1. The lowest BCUT2D eigenvalue weighted by Gasteiger charge is -2.35. The lowest BCUT2D eigenvalue weighted by atomic mass is 10.2. The van der Waals surface area contributed by atoms with E-state index in [1.54, 1.807) is 0 Å². The second kappa shape index (κ2) is 8.79. The first-order valence-corrected chi connectivity index (χ1v) is 10.2. The minimum Gasteiger partial charge on any atom is -0.378 e. The first-order valence-electron chi connectivity index (χ1n) is 10.2. The molecule has 2 fully saturated rings. The number of aromatic nitrogens is 4. The van der Waals surface area contributed by atoms with Crippen LogP contribution in [0.25, 0.3) is 0 Å². The fourth-order valence-corrected chi connectivity index (χ4v) is 3.68. The molecule has 0 amide bonds. The Bertz CT molecular complexity index is 786. The highest BCUT2D eigenvalue weighted by Gasteiger charge is 2.20. The van der Waals surface area contributed by atoms with Gasteiger partial charge in [0.2, 0.25) is 5.95 Å². The molecule has 2 aromatic rings. The van der Waals surface area contributed by atoms with Gasteiger partial charge in [0.1, 0.15) is 11.6 Å². The van der Waals surface area contributed by atoms with Crippen LogP contribution in [0.4, 0.5) is 11.8 Å². The van der Waals surface area contributed by atoms with Gasteiger partial charge in [-0.05, 0) is 13.0 Å². The molecule has 8 heteroatoms. The fraction of sp³-hybridized carbons (Fsp3) is 0.600. The summed E-state index contributed by atoms with van der Waals surface area (Å²) in [5, 5.41) is 0. The Hall–Kier alpha value is -2.32. The maximum absolute atomic E-state index is 5.42. The highest BCUT2D eigenvalue weighted by Crippen LogP contribution is 2.17. The third-order valence-electron chi connectivity index (χ3n) is 5.28. The zero-order valence-corrected chi connectivity index (χ0v) is 16.8. The molecule has 4 heterocycles. The number of piperazine rings is 1. The van der Waals surface area contributed by atoms with Crippen molar-refractivity contribution in [2.75, 3.05) is 62.3 Å². The van der Waals surface area contributed by atoms with Crippen molar-refractivity contribution in [2.24, 2.45) is 0 Å². The summed E-state index contributed by atoms with van der Waals surface area (Å²) in [6, 6.07) is 4.12. The predicted molar refractivity (Wildman–Crippen MR) is 109 cm³/mol.